The van der Waals surface area contributed by atoms with Crippen molar-refractivity contribution in [3.05, 3.63) is 58.4 Å². The molecule has 7 heteroatoms. The molecule has 2 rings (SSSR count). The number of nitrogens with one attached hydrogen (secondary N) is 1. The summed E-state index contributed by atoms with van der Waals surface area (Å²) in [6.45, 7) is 0. The Morgan fingerprint density at radius 2 is 1.85 bits per heavy atom. The number of anilines is 2. The summed E-state index contributed by atoms with van der Waals surface area (Å²) in [6.07, 6.45) is 0. The Bertz CT molecular complexity index is 671. The normalized spacial score (nSPS) is 10.4. The van der Waals surface area contributed by atoms with Gasteiger partial charge in [-0.25, -0.2) is 13.2 Å². The van der Waals surface area contributed by atoms with Gasteiger partial charge in [0, 0.05) is 10.7 Å². The second-order valence-electron chi connectivity index (χ2n) is 3.94. The van der Waals surface area contributed by atoms with Crippen LogP contribution in [0.25, 0.3) is 0 Å². The molecule has 0 heterocycles. The van der Waals surface area contributed by atoms with Crippen LogP contribution in [-0.4, -0.2) is 5.91 Å². The molecule has 104 valence electrons. The highest BCUT2D eigenvalue weighted by molar-refractivity contribution is 6.31. The number of nitrogen functional groups attached to an aromatic ring is 1. The van der Waals surface area contributed by atoms with Gasteiger partial charge >= 0.3 is 0 Å². The van der Waals surface area contributed by atoms with Gasteiger partial charge in [0.2, 0.25) is 0 Å². The Morgan fingerprint density at radius 1 is 1.15 bits per heavy atom. The monoisotopic (exact) mass is 300 g/mol. The summed E-state index contributed by atoms with van der Waals surface area (Å²) >= 11 is 5.61. The highest BCUT2D eigenvalue weighted by atomic mass is 35.5. The van der Waals surface area contributed by atoms with Crippen LogP contribution in [0.3, 0.4) is 0 Å². The molecule has 0 aliphatic heterocycles. The fourth-order valence-corrected chi connectivity index (χ4v) is 1.82. The molecule has 0 radical (unpaired) electrons. The third-order valence-electron chi connectivity index (χ3n) is 2.47. The van der Waals surface area contributed by atoms with Crippen LogP contribution >= 0.6 is 11.6 Å². The highest BCUT2D eigenvalue weighted by Crippen LogP contribution is 2.22. The average Bonchev–Trinajstić information content (AvgIpc) is 2.33. The van der Waals surface area contributed by atoms with Crippen molar-refractivity contribution >= 4 is 28.9 Å². The molecule has 0 atom stereocenters. The molecule has 3 N–H and O–H groups in total. The van der Waals surface area contributed by atoms with Crippen molar-refractivity contribution in [1.29, 1.82) is 0 Å². The zero-order chi connectivity index (χ0) is 14.9. The maximum Gasteiger partial charge on any atom is 0.261 e. The lowest BCUT2D eigenvalue weighted by Crippen LogP contribution is -2.17. The first-order chi connectivity index (χ1) is 9.38. The number of nitrogens with two attached hydrogens (primary N) is 1. The van der Waals surface area contributed by atoms with Crippen LogP contribution in [0.5, 0.6) is 0 Å². The second-order valence-corrected chi connectivity index (χ2v) is 4.37. The molecule has 0 spiro atoms. The van der Waals surface area contributed by atoms with Crippen molar-refractivity contribution in [2.75, 3.05) is 11.1 Å². The van der Waals surface area contributed by atoms with Gasteiger partial charge in [0.1, 0.15) is 17.2 Å². The molecule has 0 saturated carbocycles. The molecule has 0 unspecified atom stereocenters. The van der Waals surface area contributed by atoms with E-state index in [1.165, 1.54) is 6.07 Å². The number of amides is 1. The van der Waals surface area contributed by atoms with Gasteiger partial charge in [0.15, 0.2) is 5.82 Å². The van der Waals surface area contributed by atoms with E-state index in [1.54, 1.807) is 0 Å². The zero-order valence-corrected chi connectivity index (χ0v) is 10.6. The van der Waals surface area contributed by atoms with Crippen LogP contribution in [0.2, 0.25) is 5.02 Å². The van der Waals surface area contributed by atoms with E-state index < -0.39 is 28.9 Å². The number of halogens is 4. The standard InChI is InChI=1S/C13H8ClF3N2O/c14-6-3-7(15)5-8(4-6)19-13(20)11-9(16)1-2-10(18)12(11)17/h1-5H,18H2,(H,19,20). The van der Waals surface area contributed by atoms with Gasteiger partial charge in [-0.2, -0.15) is 0 Å². The lowest BCUT2D eigenvalue weighted by molar-refractivity contribution is 0.101. The van der Waals surface area contributed by atoms with Crippen LogP contribution in [-0.2, 0) is 0 Å². The number of hydrogen-bond donors (Lipinski definition) is 2. The van der Waals surface area contributed by atoms with Gasteiger partial charge < -0.3 is 11.1 Å². The van der Waals surface area contributed by atoms with Gasteiger partial charge in [0.05, 0.1) is 5.69 Å². The lowest BCUT2D eigenvalue weighted by Gasteiger charge is -2.09. The van der Waals surface area contributed by atoms with Crippen molar-refractivity contribution in [2.24, 2.45) is 0 Å². The quantitative estimate of drug-likeness (QED) is 0.833. The Kier molecular flexibility index (Phi) is 3.85. The van der Waals surface area contributed by atoms with Crippen LogP contribution in [0, 0.1) is 17.5 Å². The number of hydrogen-bond acceptors (Lipinski definition) is 2. The summed E-state index contributed by atoms with van der Waals surface area (Å²) in [7, 11) is 0. The van der Waals surface area contributed by atoms with Gasteiger partial charge in [-0.05, 0) is 30.3 Å². The SMILES string of the molecule is Nc1ccc(F)c(C(=O)Nc2cc(F)cc(Cl)c2)c1F. The van der Waals surface area contributed by atoms with E-state index in [4.69, 9.17) is 17.3 Å². The summed E-state index contributed by atoms with van der Waals surface area (Å²) in [5, 5.41) is 2.19. The summed E-state index contributed by atoms with van der Waals surface area (Å²) in [5.74, 6) is -4.03. The Hall–Kier alpha value is -2.21. The lowest BCUT2D eigenvalue weighted by atomic mass is 10.1. The summed E-state index contributed by atoms with van der Waals surface area (Å²) < 4.78 is 40.2. The van der Waals surface area contributed by atoms with Crippen LogP contribution < -0.4 is 11.1 Å². The number of carbonyl (C=O) groups is 1. The minimum Gasteiger partial charge on any atom is -0.396 e. The first-order valence-corrected chi connectivity index (χ1v) is 5.77. The minimum absolute atomic E-state index is 0.0266. The van der Waals surface area contributed by atoms with Crippen molar-refractivity contribution in [3.63, 3.8) is 0 Å². The molecule has 0 aromatic heterocycles. The molecule has 2 aromatic carbocycles. The summed E-state index contributed by atoms with van der Waals surface area (Å²) in [5.41, 5.74) is 4.03. The molecule has 0 fully saturated rings. The van der Waals surface area contributed by atoms with Crippen molar-refractivity contribution in [2.45, 2.75) is 0 Å². The largest absolute Gasteiger partial charge is 0.396 e. The van der Waals surface area contributed by atoms with E-state index in [2.05, 4.69) is 5.32 Å². The van der Waals surface area contributed by atoms with E-state index in [9.17, 15) is 18.0 Å². The second kappa shape index (κ2) is 5.42. The predicted molar refractivity (Wildman–Crippen MR) is 70.1 cm³/mol. The fraction of sp³-hybridized carbons (Fsp3) is 0. The van der Waals surface area contributed by atoms with Crippen molar-refractivity contribution in [3.8, 4) is 0 Å². The summed E-state index contributed by atoms with van der Waals surface area (Å²) in [6, 6.07) is 5.10. The molecular formula is C13H8ClF3N2O. The van der Waals surface area contributed by atoms with E-state index in [0.29, 0.717) is 0 Å². The number of benzene rings is 2. The topological polar surface area (TPSA) is 55.1 Å². The zero-order valence-electron chi connectivity index (χ0n) is 9.88. The smallest absolute Gasteiger partial charge is 0.261 e. The average molecular weight is 301 g/mol. The molecule has 0 bridgehead atoms. The fourth-order valence-electron chi connectivity index (χ4n) is 1.60. The van der Waals surface area contributed by atoms with Gasteiger partial charge in [-0.3, -0.25) is 4.79 Å². The summed E-state index contributed by atoms with van der Waals surface area (Å²) in [4.78, 5) is 11.8. The van der Waals surface area contributed by atoms with Gasteiger partial charge in [-0.15, -0.1) is 0 Å². The first kappa shape index (κ1) is 14.2. The third-order valence-corrected chi connectivity index (χ3v) is 2.69. The maximum absolute atomic E-state index is 13.6. The molecule has 1 amide bonds. The Balaban J connectivity index is 2.35. The third kappa shape index (κ3) is 2.85. The van der Waals surface area contributed by atoms with Crippen molar-refractivity contribution in [1.82, 2.24) is 0 Å². The minimum atomic E-state index is -1.18. The molecule has 3 nitrogen and oxygen atoms in total. The molecule has 2 aromatic rings. The van der Waals surface area contributed by atoms with Crippen molar-refractivity contribution < 1.29 is 18.0 Å². The highest BCUT2D eigenvalue weighted by Gasteiger charge is 2.20. The molecule has 20 heavy (non-hydrogen) atoms. The van der Waals surface area contributed by atoms with E-state index >= 15 is 0 Å². The van der Waals surface area contributed by atoms with Crippen LogP contribution in [0.15, 0.2) is 30.3 Å². The van der Waals surface area contributed by atoms with Gasteiger partial charge in [0.25, 0.3) is 5.91 Å². The first-order valence-electron chi connectivity index (χ1n) is 5.39. The molecule has 0 saturated heterocycles. The molecule has 0 aliphatic rings. The molecule has 0 aliphatic carbocycles. The van der Waals surface area contributed by atoms with E-state index in [1.807, 2.05) is 0 Å². The predicted octanol–water partition coefficient (Wildman–Crippen LogP) is 3.59. The van der Waals surface area contributed by atoms with E-state index in [0.717, 1.165) is 24.3 Å². The van der Waals surface area contributed by atoms with Crippen LogP contribution in [0.4, 0.5) is 24.5 Å². The van der Waals surface area contributed by atoms with Gasteiger partial charge in [-0.1, -0.05) is 11.6 Å². The number of rotatable bonds is 2. The Morgan fingerprint density at radius 3 is 2.50 bits per heavy atom. The number of carbonyl (C=O) groups excluding carboxylic acids is 1. The molecular weight excluding hydrogens is 293 g/mol. The maximum atomic E-state index is 13.6. The van der Waals surface area contributed by atoms with E-state index in [-0.39, 0.29) is 16.4 Å². The van der Waals surface area contributed by atoms with Crippen LogP contribution in [0.1, 0.15) is 10.4 Å². The Labute approximate surface area is 117 Å².